The van der Waals surface area contributed by atoms with E-state index in [1.54, 1.807) is 6.92 Å². The number of carbonyl (C=O) groups excluding carboxylic acids is 1. The third kappa shape index (κ3) is 2.72. The van der Waals surface area contributed by atoms with Gasteiger partial charge in [-0.3, -0.25) is 4.79 Å². The molecule has 1 amide bonds. The number of anilines is 2. The number of rotatable bonds is 2. The highest BCUT2D eigenvalue weighted by molar-refractivity contribution is 5.73. The zero-order valence-electron chi connectivity index (χ0n) is 15.9. The molecule has 28 heavy (non-hydrogen) atoms. The van der Waals surface area contributed by atoms with Gasteiger partial charge in [0.05, 0.1) is 17.4 Å². The number of nitrogens with one attached hydrogen (secondary N) is 1. The van der Waals surface area contributed by atoms with Crippen molar-refractivity contribution in [1.82, 2.24) is 14.5 Å². The summed E-state index contributed by atoms with van der Waals surface area (Å²) < 4.78 is 2.25. The van der Waals surface area contributed by atoms with Gasteiger partial charge >= 0.3 is 0 Å². The number of para-hydroxylation sites is 2. The Morgan fingerprint density at radius 2 is 1.86 bits per heavy atom. The molecule has 3 aromatic rings. The number of piperazine rings is 1. The van der Waals surface area contributed by atoms with E-state index in [9.17, 15) is 4.79 Å². The minimum Gasteiger partial charge on any atom is -0.371 e. The smallest absolute Gasteiger partial charge is 0.219 e. The molecule has 0 spiro atoms. The van der Waals surface area contributed by atoms with Crippen LogP contribution in [0.4, 0.5) is 11.5 Å². The third-order valence-electron chi connectivity index (χ3n) is 5.69. The molecule has 0 bridgehead atoms. The van der Waals surface area contributed by atoms with Gasteiger partial charge in [0.2, 0.25) is 5.91 Å². The van der Waals surface area contributed by atoms with E-state index in [1.807, 2.05) is 17.2 Å². The van der Waals surface area contributed by atoms with Crippen molar-refractivity contribution < 1.29 is 4.79 Å². The Morgan fingerprint density at radius 3 is 2.68 bits per heavy atom. The predicted molar refractivity (Wildman–Crippen MR) is 110 cm³/mol. The van der Waals surface area contributed by atoms with E-state index in [-0.39, 0.29) is 11.9 Å². The van der Waals surface area contributed by atoms with Crippen LogP contribution in [-0.4, -0.2) is 46.5 Å². The molecule has 0 aliphatic carbocycles. The van der Waals surface area contributed by atoms with Gasteiger partial charge < -0.3 is 19.7 Å². The molecule has 5 rings (SSSR count). The largest absolute Gasteiger partial charge is 0.371 e. The number of fused-ring (bicyclic) bond motifs is 3. The van der Waals surface area contributed by atoms with Crippen molar-refractivity contribution >= 4 is 17.4 Å². The quantitative estimate of drug-likeness (QED) is 0.750. The van der Waals surface area contributed by atoms with E-state index in [0.29, 0.717) is 0 Å². The molecule has 1 unspecified atom stereocenters. The molecule has 1 fully saturated rings. The highest BCUT2D eigenvalue weighted by Gasteiger charge is 2.29. The van der Waals surface area contributed by atoms with Gasteiger partial charge in [-0.2, -0.15) is 0 Å². The van der Waals surface area contributed by atoms with Crippen LogP contribution in [0.3, 0.4) is 0 Å². The minimum absolute atomic E-state index is 0.0273. The van der Waals surface area contributed by atoms with Crippen LogP contribution in [0.2, 0.25) is 0 Å². The van der Waals surface area contributed by atoms with E-state index in [2.05, 4.69) is 63.4 Å². The summed E-state index contributed by atoms with van der Waals surface area (Å²) in [6.45, 7) is 4.71. The molecule has 142 valence electrons. The second kappa shape index (κ2) is 6.71. The molecular formula is C22H23N5O. The lowest BCUT2D eigenvalue weighted by Gasteiger charge is -2.37. The van der Waals surface area contributed by atoms with Gasteiger partial charge in [-0.15, -0.1) is 0 Å². The summed E-state index contributed by atoms with van der Waals surface area (Å²) in [5.74, 6) is 1.14. The van der Waals surface area contributed by atoms with E-state index < -0.39 is 0 Å². The number of hydrogen-bond donors (Lipinski definition) is 1. The van der Waals surface area contributed by atoms with Crippen LogP contribution >= 0.6 is 0 Å². The normalized spacial score (nSPS) is 18.2. The maximum absolute atomic E-state index is 11.7. The third-order valence-corrected chi connectivity index (χ3v) is 5.69. The molecule has 2 aliphatic rings. The molecule has 6 heteroatoms. The predicted octanol–water partition coefficient (Wildman–Crippen LogP) is 3.06. The molecular weight excluding hydrogens is 350 g/mol. The maximum atomic E-state index is 11.7. The zero-order valence-corrected chi connectivity index (χ0v) is 15.9. The van der Waals surface area contributed by atoms with Crippen molar-refractivity contribution in [3.8, 4) is 5.69 Å². The van der Waals surface area contributed by atoms with E-state index in [0.717, 1.165) is 43.2 Å². The Labute approximate surface area is 164 Å². The van der Waals surface area contributed by atoms with Gasteiger partial charge in [-0.25, -0.2) is 4.98 Å². The van der Waals surface area contributed by atoms with Crippen LogP contribution in [0.15, 0.2) is 60.9 Å². The van der Waals surface area contributed by atoms with Crippen LogP contribution in [0.25, 0.3) is 5.69 Å². The second-order valence-corrected chi connectivity index (χ2v) is 7.31. The first kappa shape index (κ1) is 16.9. The average molecular weight is 373 g/mol. The summed E-state index contributed by atoms with van der Waals surface area (Å²) in [4.78, 5) is 20.6. The van der Waals surface area contributed by atoms with E-state index in [4.69, 9.17) is 4.98 Å². The number of aromatic nitrogens is 2. The standard InChI is InChI=1S/C22H23N5O/c1-16(28)25-12-14-26(15-13-25)22-17(6-4-10-23-22)21-20-9-5-11-27(20)19-8-3-2-7-18(19)24-21/h2-11,21,24H,12-15H2,1H3. The van der Waals surface area contributed by atoms with Gasteiger partial charge in [-0.05, 0) is 30.3 Å². The zero-order chi connectivity index (χ0) is 19.1. The summed E-state index contributed by atoms with van der Waals surface area (Å²) in [5, 5.41) is 3.71. The highest BCUT2D eigenvalue weighted by atomic mass is 16.2. The van der Waals surface area contributed by atoms with E-state index in [1.165, 1.54) is 11.4 Å². The number of nitrogens with zero attached hydrogens (tertiary/aromatic N) is 4. The molecule has 1 saturated heterocycles. The molecule has 4 heterocycles. The van der Waals surface area contributed by atoms with Crippen molar-refractivity contribution in [3.05, 3.63) is 72.2 Å². The minimum atomic E-state index is 0.0273. The van der Waals surface area contributed by atoms with Crippen LogP contribution in [-0.2, 0) is 4.79 Å². The Morgan fingerprint density at radius 1 is 1.04 bits per heavy atom. The first-order chi connectivity index (χ1) is 13.7. The number of carbonyl (C=O) groups is 1. The van der Waals surface area contributed by atoms with Gasteiger partial charge in [0.25, 0.3) is 0 Å². The summed E-state index contributed by atoms with van der Waals surface area (Å²) in [6, 6.07) is 16.8. The van der Waals surface area contributed by atoms with Crippen molar-refractivity contribution in [2.24, 2.45) is 0 Å². The molecule has 1 atom stereocenters. The Balaban J connectivity index is 1.51. The SMILES string of the molecule is CC(=O)N1CCN(c2ncccc2C2Nc3ccccc3-n3cccc32)CC1. The summed E-state index contributed by atoms with van der Waals surface area (Å²) in [7, 11) is 0. The first-order valence-electron chi connectivity index (χ1n) is 9.71. The van der Waals surface area contributed by atoms with Crippen molar-refractivity contribution in [1.29, 1.82) is 0 Å². The van der Waals surface area contributed by atoms with Crippen molar-refractivity contribution in [2.75, 3.05) is 36.4 Å². The molecule has 1 N–H and O–H groups in total. The van der Waals surface area contributed by atoms with E-state index >= 15 is 0 Å². The Kier molecular flexibility index (Phi) is 4.04. The fourth-order valence-electron chi connectivity index (χ4n) is 4.25. The average Bonchev–Trinajstić information content (AvgIpc) is 3.23. The lowest BCUT2D eigenvalue weighted by atomic mass is 10.0. The Hall–Kier alpha value is -3.28. The van der Waals surface area contributed by atoms with Crippen LogP contribution in [0.1, 0.15) is 24.2 Å². The second-order valence-electron chi connectivity index (χ2n) is 7.31. The summed E-state index contributed by atoms with van der Waals surface area (Å²) in [6.07, 6.45) is 3.97. The van der Waals surface area contributed by atoms with Crippen LogP contribution in [0, 0.1) is 0 Å². The molecule has 2 aliphatic heterocycles. The molecule has 0 radical (unpaired) electrons. The fourth-order valence-corrected chi connectivity index (χ4v) is 4.25. The summed E-state index contributed by atoms with van der Waals surface area (Å²) >= 11 is 0. The van der Waals surface area contributed by atoms with Crippen molar-refractivity contribution in [3.63, 3.8) is 0 Å². The first-order valence-corrected chi connectivity index (χ1v) is 9.71. The fraction of sp³-hybridized carbons (Fsp3) is 0.273. The monoisotopic (exact) mass is 373 g/mol. The number of amides is 1. The Bertz CT molecular complexity index is 1020. The van der Waals surface area contributed by atoms with Gasteiger partial charge in [0, 0.05) is 56.8 Å². The van der Waals surface area contributed by atoms with Gasteiger partial charge in [-0.1, -0.05) is 18.2 Å². The summed E-state index contributed by atoms with van der Waals surface area (Å²) in [5.41, 5.74) is 4.65. The maximum Gasteiger partial charge on any atom is 0.219 e. The molecule has 0 saturated carbocycles. The van der Waals surface area contributed by atoms with Gasteiger partial charge in [0.15, 0.2) is 0 Å². The molecule has 1 aromatic carbocycles. The molecule has 6 nitrogen and oxygen atoms in total. The topological polar surface area (TPSA) is 53.4 Å². The van der Waals surface area contributed by atoms with Crippen LogP contribution < -0.4 is 10.2 Å². The lowest BCUT2D eigenvalue weighted by molar-refractivity contribution is -0.129. The lowest BCUT2D eigenvalue weighted by Crippen LogP contribution is -2.48. The number of pyridine rings is 1. The number of hydrogen-bond acceptors (Lipinski definition) is 4. The highest BCUT2D eigenvalue weighted by Crippen LogP contribution is 2.39. The van der Waals surface area contributed by atoms with Gasteiger partial charge in [0.1, 0.15) is 5.82 Å². The number of benzene rings is 1. The van der Waals surface area contributed by atoms with Crippen molar-refractivity contribution in [2.45, 2.75) is 13.0 Å². The van der Waals surface area contributed by atoms with Crippen LogP contribution in [0.5, 0.6) is 0 Å². The molecule has 2 aromatic heterocycles.